The van der Waals surface area contributed by atoms with E-state index in [1.165, 1.54) is 24.1 Å². The topological polar surface area (TPSA) is 48.9 Å². The van der Waals surface area contributed by atoms with Gasteiger partial charge in [0.15, 0.2) is 5.96 Å². The van der Waals surface area contributed by atoms with E-state index in [2.05, 4.69) is 54.1 Å². The highest BCUT2D eigenvalue weighted by Gasteiger charge is 2.36. The summed E-state index contributed by atoms with van der Waals surface area (Å²) in [5.74, 6) is 0.926. The number of ether oxygens (including phenoxy) is 1. The van der Waals surface area contributed by atoms with E-state index in [1.807, 2.05) is 11.3 Å². The van der Waals surface area contributed by atoms with Crippen molar-refractivity contribution in [2.45, 2.75) is 38.6 Å². The number of hydrogen-bond acceptors (Lipinski definition) is 4. The number of guanidine groups is 1. The first-order chi connectivity index (χ1) is 12.1. The Bertz CT molecular complexity index is 512. The van der Waals surface area contributed by atoms with E-state index in [1.54, 1.807) is 7.11 Å². The average Bonchev–Trinajstić information content (AvgIpc) is 3.07. The lowest BCUT2D eigenvalue weighted by Crippen LogP contribution is -2.43. The zero-order valence-corrected chi connectivity index (χ0v) is 17.0. The first-order valence-electron chi connectivity index (χ1n) is 9.31. The Balaban J connectivity index is 1.94. The summed E-state index contributed by atoms with van der Waals surface area (Å²) in [5, 5.41) is 9.07. The number of hydrogen-bond donors (Lipinski definition) is 2. The monoisotopic (exact) mass is 366 g/mol. The molecule has 2 N–H and O–H groups in total. The first-order valence-corrected chi connectivity index (χ1v) is 10.2. The zero-order chi connectivity index (χ0) is 18.1. The molecular formula is C19H34N4OS. The van der Waals surface area contributed by atoms with Gasteiger partial charge in [-0.2, -0.15) is 0 Å². The second-order valence-corrected chi connectivity index (χ2v) is 8.15. The molecule has 25 heavy (non-hydrogen) atoms. The summed E-state index contributed by atoms with van der Waals surface area (Å²) in [7, 11) is 6.04. The largest absolute Gasteiger partial charge is 0.385 e. The van der Waals surface area contributed by atoms with Crippen LogP contribution in [-0.4, -0.2) is 58.3 Å². The maximum Gasteiger partial charge on any atom is 0.191 e. The molecule has 0 spiro atoms. The van der Waals surface area contributed by atoms with Gasteiger partial charge in [-0.15, -0.1) is 11.3 Å². The molecule has 0 amide bonds. The van der Waals surface area contributed by atoms with Gasteiger partial charge < -0.3 is 20.3 Å². The number of likely N-dealkylation sites (N-methyl/N-ethyl adjacent to an activating group) is 1. The van der Waals surface area contributed by atoms with Gasteiger partial charge in [-0.1, -0.05) is 12.5 Å². The third kappa shape index (κ3) is 5.97. The van der Waals surface area contributed by atoms with E-state index >= 15 is 0 Å². The fourth-order valence-electron chi connectivity index (χ4n) is 3.28. The van der Waals surface area contributed by atoms with Crippen molar-refractivity contribution in [2.24, 2.45) is 10.4 Å². The van der Waals surface area contributed by atoms with Crippen LogP contribution in [0.5, 0.6) is 0 Å². The molecule has 0 bridgehead atoms. The summed E-state index contributed by atoms with van der Waals surface area (Å²) >= 11 is 1.81. The minimum atomic E-state index is 0.354. The smallest absolute Gasteiger partial charge is 0.191 e. The van der Waals surface area contributed by atoms with Crippen LogP contribution >= 0.6 is 11.3 Å². The fraction of sp³-hybridized carbons (Fsp3) is 0.737. The molecule has 1 aliphatic carbocycles. The van der Waals surface area contributed by atoms with Crippen LogP contribution in [0, 0.1) is 5.41 Å². The molecular weight excluding hydrogens is 332 g/mol. The molecule has 0 saturated heterocycles. The lowest BCUT2D eigenvalue weighted by atomic mass is 9.67. The van der Waals surface area contributed by atoms with Crippen LogP contribution in [-0.2, 0) is 4.74 Å². The van der Waals surface area contributed by atoms with Gasteiger partial charge in [-0.25, -0.2) is 0 Å². The summed E-state index contributed by atoms with van der Waals surface area (Å²) in [6, 6.07) is 4.68. The number of methoxy groups -OCH3 is 1. The summed E-state index contributed by atoms with van der Waals surface area (Å²) in [6.45, 7) is 5.56. The summed E-state index contributed by atoms with van der Waals surface area (Å²) in [4.78, 5) is 8.53. The second-order valence-electron chi connectivity index (χ2n) is 7.17. The third-order valence-corrected chi connectivity index (χ3v) is 6.10. The van der Waals surface area contributed by atoms with Crippen LogP contribution in [0.25, 0.3) is 0 Å². The molecule has 1 heterocycles. The minimum absolute atomic E-state index is 0.354. The zero-order valence-electron chi connectivity index (χ0n) is 16.2. The Kier molecular flexibility index (Phi) is 8.19. The molecule has 1 aliphatic rings. The van der Waals surface area contributed by atoms with Crippen LogP contribution in [0.2, 0.25) is 0 Å². The highest BCUT2D eigenvalue weighted by atomic mass is 32.1. The van der Waals surface area contributed by atoms with E-state index in [9.17, 15) is 0 Å². The van der Waals surface area contributed by atoms with Crippen molar-refractivity contribution < 1.29 is 4.74 Å². The lowest BCUT2D eigenvalue weighted by molar-refractivity contribution is 0.0778. The van der Waals surface area contributed by atoms with Gasteiger partial charge in [0.2, 0.25) is 0 Å². The molecule has 1 aromatic rings. The van der Waals surface area contributed by atoms with Gasteiger partial charge in [0, 0.05) is 38.2 Å². The third-order valence-electron chi connectivity index (χ3n) is 5.13. The van der Waals surface area contributed by atoms with Crippen molar-refractivity contribution >= 4 is 17.3 Å². The number of rotatable bonds is 10. The fourth-order valence-corrected chi connectivity index (χ4v) is 4.21. The van der Waals surface area contributed by atoms with Crippen LogP contribution < -0.4 is 10.6 Å². The standard InChI is InChI=1S/C19H34N4OS/c1-5-20-18(22-15-19(9-7-10-19)11-12-24-4)21-14-16(23(2)3)17-8-6-13-25-17/h6,8,13,16H,5,7,9-12,14-15H2,1-4H3,(H2,20,21,22). The van der Waals surface area contributed by atoms with Gasteiger partial charge in [-0.3, -0.25) is 4.99 Å². The molecule has 1 aromatic heterocycles. The van der Waals surface area contributed by atoms with Crippen LogP contribution in [0.4, 0.5) is 0 Å². The van der Waals surface area contributed by atoms with E-state index in [4.69, 9.17) is 9.73 Å². The molecule has 0 aromatic carbocycles. The van der Waals surface area contributed by atoms with Gasteiger partial charge >= 0.3 is 0 Å². The molecule has 0 radical (unpaired) electrons. The molecule has 6 heteroatoms. The average molecular weight is 367 g/mol. The Morgan fingerprint density at radius 3 is 2.72 bits per heavy atom. The molecule has 142 valence electrons. The summed E-state index contributed by atoms with van der Waals surface area (Å²) < 4.78 is 5.29. The van der Waals surface area contributed by atoms with Crippen LogP contribution in [0.3, 0.4) is 0 Å². The van der Waals surface area contributed by atoms with Crippen LogP contribution in [0.15, 0.2) is 22.5 Å². The Morgan fingerprint density at radius 1 is 1.40 bits per heavy atom. The summed E-state index contributed by atoms with van der Waals surface area (Å²) in [5.41, 5.74) is 0.354. The quantitative estimate of drug-likeness (QED) is 0.493. The molecule has 0 aliphatic heterocycles. The number of nitrogens with zero attached hydrogens (tertiary/aromatic N) is 2. The highest BCUT2D eigenvalue weighted by Crippen LogP contribution is 2.44. The SMILES string of the molecule is CCNC(=NCC1(CCOC)CCC1)NCC(c1cccs1)N(C)C. The molecule has 1 saturated carbocycles. The van der Waals surface area contributed by atoms with Crippen LogP contribution in [0.1, 0.15) is 43.5 Å². The van der Waals surface area contributed by atoms with Gasteiger partial charge in [-0.05, 0) is 57.1 Å². The second kappa shape index (κ2) is 10.1. The number of aliphatic imine (C=N–C) groups is 1. The van der Waals surface area contributed by atoms with E-state index in [0.29, 0.717) is 11.5 Å². The minimum Gasteiger partial charge on any atom is -0.385 e. The van der Waals surface area contributed by atoms with E-state index < -0.39 is 0 Å². The highest BCUT2D eigenvalue weighted by molar-refractivity contribution is 7.10. The number of nitrogens with one attached hydrogen (secondary N) is 2. The van der Waals surface area contributed by atoms with Crippen molar-refractivity contribution in [1.29, 1.82) is 0 Å². The van der Waals surface area contributed by atoms with Crippen molar-refractivity contribution in [3.8, 4) is 0 Å². The Hall–Kier alpha value is -1.11. The molecule has 5 nitrogen and oxygen atoms in total. The predicted molar refractivity (Wildman–Crippen MR) is 108 cm³/mol. The molecule has 1 atom stereocenters. The number of thiophene rings is 1. The Morgan fingerprint density at radius 2 is 2.20 bits per heavy atom. The van der Waals surface area contributed by atoms with Crippen molar-refractivity contribution in [3.63, 3.8) is 0 Å². The first kappa shape index (κ1) is 20.2. The lowest BCUT2D eigenvalue weighted by Gasteiger charge is -2.40. The van der Waals surface area contributed by atoms with Crippen molar-refractivity contribution in [3.05, 3.63) is 22.4 Å². The van der Waals surface area contributed by atoms with Crippen molar-refractivity contribution in [2.75, 3.05) is 47.4 Å². The molecule has 2 rings (SSSR count). The van der Waals surface area contributed by atoms with Gasteiger partial charge in [0.05, 0.1) is 6.04 Å². The van der Waals surface area contributed by atoms with E-state index in [-0.39, 0.29) is 0 Å². The molecule has 1 unspecified atom stereocenters. The molecule has 1 fully saturated rings. The maximum absolute atomic E-state index is 5.29. The normalized spacial score (nSPS) is 18.0. The van der Waals surface area contributed by atoms with Crippen molar-refractivity contribution in [1.82, 2.24) is 15.5 Å². The van der Waals surface area contributed by atoms with E-state index in [0.717, 1.165) is 38.6 Å². The van der Waals surface area contributed by atoms with Gasteiger partial charge in [0.25, 0.3) is 0 Å². The summed E-state index contributed by atoms with van der Waals surface area (Å²) in [6.07, 6.45) is 4.98. The Labute approximate surface area is 156 Å². The van der Waals surface area contributed by atoms with Gasteiger partial charge in [0.1, 0.15) is 0 Å². The predicted octanol–water partition coefficient (Wildman–Crippen LogP) is 3.11. The maximum atomic E-state index is 5.29.